The van der Waals surface area contributed by atoms with Crippen molar-refractivity contribution in [1.29, 1.82) is 0 Å². The molecule has 0 radical (unpaired) electrons. The lowest BCUT2D eigenvalue weighted by Gasteiger charge is -2.16. The van der Waals surface area contributed by atoms with Crippen molar-refractivity contribution in [3.63, 3.8) is 0 Å². The third-order valence-electron chi connectivity index (χ3n) is 6.66. The Morgan fingerprint density at radius 3 is 2.42 bits per heavy atom. The lowest BCUT2D eigenvalue weighted by atomic mass is 10.1. The van der Waals surface area contributed by atoms with Crippen molar-refractivity contribution < 1.29 is 23.9 Å². The largest absolute Gasteiger partial charge is 0.495 e. The molecule has 1 fully saturated rings. The lowest BCUT2D eigenvalue weighted by Crippen LogP contribution is -2.31. The summed E-state index contributed by atoms with van der Waals surface area (Å²) in [5.74, 6) is -1.41. The zero-order valence-electron chi connectivity index (χ0n) is 23.6. The van der Waals surface area contributed by atoms with E-state index in [0.717, 1.165) is 9.37 Å². The molecule has 2 N–H and O–H groups in total. The minimum atomic E-state index is -0.674. The molecule has 4 aromatic carbocycles. The number of thioether (sulfide) groups is 1. The van der Waals surface area contributed by atoms with Gasteiger partial charge in [-0.2, -0.15) is 0 Å². The van der Waals surface area contributed by atoms with Crippen LogP contribution in [-0.4, -0.2) is 36.0 Å². The van der Waals surface area contributed by atoms with E-state index >= 15 is 0 Å². The molecule has 228 valence electrons. The summed E-state index contributed by atoms with van der Waals surface area (Å²) in [7, 11) is 1.48. The summed E-state index contributed by atoms with van der Waals surface area (Å²) < 4.78 is 6.02. The van der Waals surface area contributed by atoms with E-state index in [9.17, 15) is 19.2 Å². The molecule has 4 aromatic rings. The summed E-state index contributed by atoms with van der Waals surface area (Å²) in [5, 5.41) is 5.35. The zero-order chi connectivity index (χ0) is 32.1. The van der Waals surface area contributed by atoms with Gasteiger partial charge in [-0.15, -0.1) is 11.8 Å². The number of amides is 4. The standard InChI is InChI=1S/C33H24BrCl2N3O5S/c1-44-28-14-13-22(17-26(28)36)39-30(40)18-29(33(39)43)45-23-6-4-5-21(16-23)37-32(42)27(15-19-9-11-20(34)12-10-19)38-31(41)24-7-2-3-8-25(24)35/h2-17,29H,18H2,1H3,(H,37,42)(H,38,41)/b27-15-. The Labute approximate surface area is 281 Å². The monoisotopic (exact) mass is 723 g/mol. The first-order valence-corrected chi connectivity index (χ1v) is 15.9. The summed E-state index contributed by atoms with van der Waals surface area (Å²) >= 11 is 17.0. The van der Waals surface area contributed by atoms with Gasteiger partial charge in [0.25, 0.3) is 11.8 Å². The van der Waals surface area contributed by atoms with Gasteiger partial charge >= 0.3 is 0 Å². The Morgan fingerprint density at radius 1 is 0.956 bits per heavy atom. The molecule has 5 rings (SSSR count). The number of halogens is 3. The fraction of sp³-hybridized carbons (Fsp3) is 0.0909. The third kappa shape index (κ3) is 7.77. The highest BCUT2D eigenvalue weighted by atomic mass is 79.9. The molecule has 0 spiro atoms. The number of benzene rings is 4. The van der Waals surface area contributed by atoms with Crippen LogP contribution in [0.3, 0.4) is 0 Å². The maximum atomic E-state index is 13.5. The van der Waals surface area contributed by atoms with Crippen molar-refractivity contribution in [2.45, 2.75) is 16.6 Å². The van der Waals surface area contributed by atoms with Gasteiger partial charge in [-0.05, 0) is 72.3 Å². The van der Waals surface area contributed by atoms with Crippen LogP contribution in [0.4, 0.5) is 11.4 Å². The number of rotatable bonds is 9. The van der Waals surface area contributed by atoms with Crippen LogP contribution in [-0.2, 0) is 14.4 Å². The number of carbonyl (C=O) groups excluding carboxylic acids is 4. The van der Waals surface area contributed by atoms with E-state index in [1.165, 1.54) is 24.9 Å². The summed E-state index contributed by atoms with van der Waals surface area (Å²) in [4.78, 5) is 54.4. The Balaban J connectivity index is 1.33. The number of hydrogen-bond acceptors (Lipinski definition) is 6. The molecule has 0 saturated carbocycles. The van der Waals surface area contributed by atoms with Gasteiger partial charge < -0.3 is 15.4 Å². The molecule has 1 aliphatic rings. The van der Waals surface area contributed by atoms with E-state index in [1.807, 2.05) is 12.1 Å². The molecule has 8 nitrogen and oxygen atoms in total. The molecule has 0 bridgehead atoms. The smallest absolute Gasteiger partial charge is 0.272 e. The topological polar surface area (TPSA) is 105 Å². The number of ether oxygens (including phenoxy) is 1. The summed E-state index contributed by atoms with van der Waals surface area (Å²) in [5.41, 5.74) is 1.68. The van der Waals surface area contributed by atoms with Gasteiger partial charge in [0.05, 0.1) is 33.7 Å². The average Bonchev–Trinajstić information content (AvgIpc) is 3.29. The Bertz CT molecular complexity index is 1830. The summed E-state index contributed by atoms with van der Waals surface area (Å²) in [6, 6.07) is 25.4. The molecule has 1 unspecified atom stereocenters. The Kier molecular flexibility index (Phi) is 10.3. The first-order valence-electron chi connectivity index (χ1n) is 13.4. The number of imide groups is 1. The van der Waals surface area contributed by atoms with Gasteiger partial charge in [-0.3, -0.25) is 19.2 Å². The number of hydrogen-bond donors (Lipinski definition) is 2. The number of anilines is 2. The second-order valence-electron chi connectivity index (χ2n) is 9.72. The van der Waals surface area contributed by atoms with Crippen molar-refractivity contribution in [3.8, 4) is 5.75 Å². The van der Waals surface area contributed by atoms with Gasteiger partial charge in [0.1, 0.15) is 11.4 Å². The van der Waals surface area contributed by atoms with Crippen molar-refractivity contribution in [2.24, 2.45) is 0 Å². The summed E-state index contributed by atoms with van der Waals surface area (Å²) in [6.07, 6.45) is 1.55. The van der Waals surface area contributed by atoms with Crippen LogP contribution in [0.25, 0.3) is 6.08 Å². The highest BCUT2D eigenvalue weighted by Gasteiger charge is 2.40. The van der Waals surface area contributed by atoms with Crippen LogP contribution in [0.2, 0.25) is 10.0 Å². The third-order valence-corrected chi connectivity index (χ3v) is 8.99. The zero-order valence-corrected chi connectivity index (χ0v) is 27.5. The van der Waals surface area contributed by atoms with E-state index in [1.54, 1.807) is 78.9 Å². The van der Waals surface area contributed by atoms with Gasteiger partial charge in [0.2, 0.25) is 11.8 Å². The quantitative estimate of drug-likeness (QED) is 0.136. The highest BCUT2D eigenvalue weighted by molar-refractivity contribution is 9.10. The first-order chi connectivity index (χ1) is 21.6. The predicted molar refractivity (Wildman–Crippen MR) is 181 cm³/mol. The summed E-state index contributed by atoms with van der Waals surface area (Å²) in [6.45, 7) is 0. The molecule has 1 saturated heterocycles. The molecule has 4 amide bonds. The Hall–Kier alpha value is -4.09. The molecule has 1 aliphatic heterocycles. The number of nitrogens with one attached hydrogen (secondary N) is 2. The van der Waals surface area contributed by atoms with Crippen LogP contribution >= 0.6 is 50.9 Å². The fourth-order valence-corrected chi connectivity index (χ4v) is 6.34. The molecule has 1 heterocycles. The van der Waals surface area contributed by atoms with Crippen molar-refractivity contribution >= 4 is 92.0 Å². The SMILES string of the molecule is COc1ccc(N2C(=O)CC(Sc3cccc(NC(=O)/C(=C/c4ccc(Br)cc4)NC(=O)c4ccccc4Cl)c3)C2=O)cc1Cl. The van der Waals surface area contributed by atoms with Crippen LogP contribution in [0.15, 0.2) is 106 Å². The fourth-order valence-electron chi connectivity index (χ4n) is 4.49. The average molecular weight is 725 g/mol. The molecule has 0 aromatic heterocycles. The second-order valence-corrected chi connectivity index (χ2v) is 12.7. The predicted octanol–water partition coefficient (Wildman–Crippen LogP) is 7.60. The molecular weight excluding hydrogens is 701 g/mol. The lowest BCUT2D eigenvalue weighted by molar-refractivity contribution is -0.121. The van der Waals surface area contributed by atoms with Gasteiger partial charge in [0.15, 0.2) is 0 Å². The molecule has 1 atom stereocenters. The van der Waals surface area contributed by atoms with Gasteiger partial charge in [-0.1, -0.05) is 69.5 Å². The maximum Gasteiger partial charge on any atom is 0.272 e. The molecule has 45 heavy (non-hydrogen) atoms. The molecule has 0 aliphatic carbocycles. The van der Waals surface area contributed by atoms with Gasteiger partial charge in [0, 0.05) is 21.5 Å². The van der Waals surface area contributed by atoms with Gasteiger partial charge in [-0.25, -0.2) is 4.90 Å². The highest BCUT2D eigenvalue weighted by Crippen LogP contribution is 2.37. The van der Waals surface area contributed by atoms with E-state index in [0.29, 0.717) is 27.6 Å². The second kappa shape index (κ2) is 14.3. The van der Waals surface area contributed by atoms with Crippen LogP contribution in [0, 0.1) is 0 Å². The van der Waals surface area contributed by atoms with Crippen molar-refractivity contribution in [1.82, 2.24) is 5.32 Å². The van der Waals surface area contributed by atoms with E-state index < -0.39 is 17.1 Å². The minimum Gasteiger partial charge on any atom is -0.495 e. The number of carbonyl (C=O) groups is 4. The van der Waals surface area contributed by atoms with Crippen molar-refractivity contribution in [3.05, 3.63) is 122 Å². The van der Waals surface area contributed by atoms with Crippen molar-refractivity contribution in [2.75, 3.05) is 17.3 Å². The number of methoxy groups -OCH3 is 1. The maximum absolute atomic E-state index is 13.5. The van der Waals surface area contributed by atoms with E-state index in [-0.39, 0.29) is 39.5 Å². The van der Waals surface area contributed by atoms with Crippen LogP contribution in [0.5, 0.6) is 5.75 Å². The molecular formula is C33H24BrCl2N3O5S. The van der Waals surface area contributed by atoms with Crippen LogP contribution in [0.1, 0.15) is 22.3 Å². The van der Waals surface area contributed by atoms with E-state index in [2.05, 4.69) is 26.6 Å². The van der Waals surface area contributed by atoms with E-state index in [4.69, 9.17) is 27.9 Å². The van der Waals surface area contributed by atoms with Crippen LogP contribution < -0.4 is 20.3 Å². The molecule has 12 heteroatoms. The Morgan fingerprint density at radius 2 is 1.71 bits per heavy atom. The number of nitrogens with zero attached hydrogens (tertiary/aromatic N) is 1. The first kappa shape index (κ1) is 32.3. The minimum absolute atomic E-state index is 0.00210. The normalized spacial score (nSPS) is 14.8.